The van der Waals surface area contributed by atoms with Crippen LogP contribution >= 0.6 is 0 Å². The van der Waals surface area contributed by atoms with Crippen LogP contribution in [0, 0.1) is 17.2 Å². The SMILES string of the molecule is CC(C)(C)OC(=O)Nc1cc(-c2cnccc2C#N)cc2cc(NC(=O)[C@@H]3C[C@@H]3F)nnc12. The number of carbonyl (C=O) groups excluding carboxylic acids is 2. The summed E-state index contributed by atoms with van der Waals surface area (Å²) in [6.07, 6.45) is 1.43. The van der Waals surface area contributed by atoms with Gasteiger partial charge in [-0.1, -0.05) is 0 Å². The number of ether oxygens (including phenoxy) is 1. The first-order valence-electron chi connectivity index (χ1n) is 10.3. The molecule has 1 aromatic carbocycles. The van der Waals surface area contributed by atoms with Gasteiger partial charge in [0, 0.05) is 23.3 Å². The average Bonchev–Trinajstić information content (AvgIpc) is 3.48. The molecule has 2 atom stereocenters. The van der Waals surface area contributed by atoms with Crippen molar-refractivity contribution in [3.63, 3.8) is 0 Å². The lowest BCUT2D eigenvalue weighted by atomic mass is 10.00. The van der Waals surface area contributed by atoms with E-state index < -0.39 is 29.7 Å². The maximum absolute atomic E-state index is 13.2. The number of rotatable bonds is 4. The fourth-order valence-corrected chi connectivity index (χ4v) is 3.26. The van der Waals surface area contributed by atoms with E-state index in [0.717, 1.165) is 0 Å². The summed E-state index contributed by atoms with van der Waals surface area (Å²) in [6.45, 7) is 5.23. The van der Waals surface area contributed by atoms with Crippen LogP contribution in [0.25, 0.3) is 22.0 Å². The normalized spacial score (nSPS) is 17.2. The number of nitrogens with one attached hydrogen (secondary N) is 2. The Bertz CT molecular complexity index is 1300. The molecule has 1 aliphatic carbocycles. The molecule has 33 heavy (non-hydrogen) atoms. The molecule has 0 unspecified atom stereocenters. The number of hydrogen-bond acceptors (Lipinski definition) is 7. The zero-order valence-electron chi connectivity index (χ0n) is 18.2. The summed E-state index contributed by atoms with van der Waals surface area (Å²) >= 11 is 0. The van der Waals surface area contributed by atoms with Gasteiger partial charge in [0.15, 0.2) is 5.82 Å². The summed E-state index contributed by atoms with van der Waals surface area (Å²) in [4.78, 5) is 28.6. The van der Waals surface area contributed by atoms with Gasteiger partial charge in [0.1, 0.15) is 17.3 Å². The van der Waals surface area contributed by atoms with E-state index in [4.69, 9.17) is 4.74 Å². The van der Waals surface area contributed by atoms with Gasteiger partial charge in [-0.05, 0) is 57.0 Å². The Morgan fingerprint density at radius 1 is 1.21 bits per heavy atom. The van der Waals surface area contributed by atoms with Gasteiger partial charge >= 0.3 is 6.09 Å². The Labute approximate surface area is 189 Å². The van der Waals surface area contributed by atoms with E-state index in [-0.39, 0.29) is 12.2 Å². The molecule has 0 bridgehead atoms. The second-order valence-corrected chi connectivity index (χ2v) is 8.70. The van der Waals surface area contributed by atoms with E-state index in [1.165, 1.54) is 6.20 Å². The van der Waals surface area contributed by atoms with Crippen LogP contribution in [0.15, 0.2) is 36.7 Å². The van der Waals surface area contributed by atoms with Crippen molar-refractivity contribution in [1.29, 1.82) is 5.26 Å². The third-order valence-electron chi connectivity index (χ3n) is 4.88. The topological polar surface area (TPSA) is 130 Å². The van der Waals surface area contributed by atoms with E-state index in [9.17, 15) is 19.2 Å². The van der Waals surface area contributed by atoms with Crippen molar-refractivity contribution in [3.8, 4) is 17.2 Å². The molecule has 2 aromatic heterocycles. The fraction of sp³-hybridized carbons (Fsp3) is 0.304. The number of amides is 2. The van der Waals surface area contributed by atoms with Gasteiger partial charge in [-0.3, -0.25) is 15.1 Å². The molecule has 0 spiro atoms. The number of aromatic nitrogens is 3. The molecule has 2 heterocycles. The Hall–Kier alpha value is -4.13. The Morgan fingerprint density at radius 3 is 2.64 bits per heavy atom. The largest absolute Gasteiger partial charge is 0.444 e. The third kappa shape index (κ3) is 5.03. The second kappa shape index (κ2) is 8.43. The molecular formula is C23H21FN6O3. The van der Waals surface area contributed by atoms with E-state index >= 15 is 0 Å². The van der Waals surface area contributed by atoms with Crippen LogP contribution in [-0.4, -0.2) is 39.0 Å². The zero-order valence-corrected chi connectivity index (χ0v) is 18.2. The first-order chi connectivity index (χ1) is 15.6. The molecule has 2 amide bonds. The number of nitrogens with zero attached hydrogens (tertiary/aromatic N) is 4. The van der Waals surface area contributed by atoms with Crippen LogP contribution in [0.5, 0.6) is 0 Å². The van der Waals surface area contributed by atoms with Crippen LogP contribution in [0.2, 0.25) is 0 Å². The highest BCUT2D eigenvalue weighted by Gasteiger charge is 2.43. The van der Waals surface area contributed by atoms with Crippen molar-refractivity contribution in [2.75, 3.05) is 10.6 Å². The fourth-order valence-electron chi connectivity index (χ4n) is 3.26. The molecule has 4 rings (SSSR count). The number of fused-ring (bicyclic) bond motifs is 1. The van der Waals surface area contributed by atoms with Crippen LogP contribution in [0.4, 0.5) is 20.7 Å². The highest BCUT2D eigenvalue weighted by Crippen LogP contribution is 2.35. The monoisotopic (exact) mass is 448 g/mol. The lowest BCUT2D eigenvalue weighted by molar-refractivity contribution is -0.117. The van der Waals surface area contributed by atoms with Gasteiger partial charge in [0.2, 0.25) is 5.91 Å². The highest BCUT2D eigenvalue weighted by atomic mass is 19.1. The van der Waals surface area contributed by atoms with Crippen molar-refractivity contribution in [2.45, 2.75) is 39.0 Å². The van der Waals surface area contributed by atoms with Crippen molar-refractivity contribution >= 4 is 34.4 Å². The summed E-state index contributed by atoms with van der Waals surface area (Å²) < 4.78 is 18.5. The molecule has 10 heteroatoms. The summed E-state index contributed by atoms with van der Waals surface area (Å²) in [7, 11) is 0. The molecule has 1 saturated carbocycles. The lowest BCUT2D eigenvalue weighted by Crippen LogP contribution is -2.27. The van der Waals surface area contributed by atoms with Crippen molar-refractivity contribution < 1.29 is 18.7 Å². The van der Waals surface area contributed by atoms with Crippen LogP contribution in [-0.2, 0) is 9.53 Å². The lowest BCUT2D eigenvalue weighted by Gasteiger charge is -2.20. The average molecular weight is 448 g/mol. The van der Waals surface area contributed by atoms with Gasteiger partial charge in [0.25, 0.3) is 0 Å². The Balaban J connectivity index is 1.77. The summed E-state index contributed by atoms with van der Waals surface area (Å²) in [6, 6.07) is 8.67. The van der Waals surface area contributed by atoms with E-state index in [1.807, 2.05) is 0 Å². The van der Waals surface area contributed by atoms with Gasteiger partial charge in [-0.2, -0.15) is 5.26 Å². The Morgan fingerprint density at radius 2 is 1.97 bits per heavy atom. The molecule has 1 aliphatic rings. The predicted molar refractivity (Wildman–Crippen MR) is 119 cm³/mol. The van der Waals surface area contributed by atoms with E-state index in [2.05, 4.69) is 31.9 Å². The molecule has 2 N–H and O–H groups in total. The number of hydrogen-bond donors (Lipinski definition) is 2. The van der Waals surface area contributed by atoms with Crippen molar-refractivity contribution in [3.05, 3.63) is 42.2 Å². The molecule has 0 aliphatic heterocycles. The predicted octanol–water partition coefficient (Wildman–Crippen LogP) is 4.21. The molecule has 9 nitrogen and oxygen atoms in total. The second-order valence-electron chi connectivity index (χ2n) is 8.70. The highest BCUT2D eigenvalue weighted by molar-refractivity contribution is 6.02. The maximum Gasteiger partial charge on any atom is 0.412 e. The molecule has 1 fully saturated rings. The smallest absolute Gasteiger partial charge is 0.412 e. The quantitative estimate of drug-likeness (QED) is 0.611. The van der Waals surface area contributed by atoms with Crippen LogP contribution in [0.3, 0.4) is 0 Å². The van der Waals surface area contributed by atoms with Gasteiger partial charge in [-0.15, -0.1) is 10.2 Å². The molecule has 3 aromatic rings. The van der Waals surface area contributed by atoms with E-state index in [0.29, 0.717) is 33.3 Å². The van der Waals surface area contributed by atoms with Gasteiger partial charge in [0.05, 0.1) is 23.2 Å². The minimum Gasteiger partial charge on any atom is -0.444 e. The Kier molecular flexibility index (Phi) is 5.64. The first-order valence-corrected chi connectivity index (χ1v) is 10.3. The number of nitriles is 1. The van der Waals surface area contributed by atoms with Crippen molar-refractivity contribution in [1.82, 2.24) is 15.2 Å². The van der Waals surface area contributed by atoms with Gasteiger partial charge in [-0.25, -0.2) is 9.18 Å². The number of carbonyl (C=O) groups is 2. The summed E-state index contributed by atoms with van der Waals surface area (Å²) in [5.41, 5.74) is 1.48. The third-order valence-corrected chi connectivity index (χ3v) is 4.88. The first kappa shape index (κ1) is 22.1. The zero-order chi connectivity index (χ0) is 23.8. The number of alkyl halides is 1. The summed E-state index contributed by atoms with van der Waals surface area (Å²) in [5.74, 6) is -0.982. The minimum atomic E-state index is -1.13. The number of pyridine rings is 1. The standard InChI is InChI=1S/C23H21FN6O3/c1-23(2,3)33-22(32)27-18-7-13(16-11-26-5-4-12(16)10-25)6-14-8-19(29-30-20(14)18)28-21(31)15-9-17(15)24/h4-8,11,15,17H,9H2,1-3H3,(H,27,32)(H,28,29,31)/t15-,17+/m1/s1. The number of benzene rings is 1. The molecule has 168 valence electrons. The van der Waals surface area contributed by atoms with Crippen LogP contribution in [0.1, 0.15) is 32.8 Å². The minimum absolute atomic E-state index is 0.152. The van der Waals surface area contributed by atoms with Crippen molar-refractivity contribution in [2.24, 2.45) is 5.92 Å². The molecule has 0 saturated heterocycles. The summed E-state index contributed by atoms with van der Waals surface area (Å²) in [5, 5.41) is 23.4. The van der Waals surface area contributed by atoms with E-state index in [1.54, 1.807) is 51.2 Å². The van der Waals surface area contributed by atoms with Crippen LogP contribution < -0.4 is 10.6 Å². The maximum atomic E-state index is 13.2. The number of halogens is 1. The molecular weight excluding hydrogens is 427 g/mol. The molecule has 0 radical (unpaired) electrons. The number of anilines is 2. The van der Waals surface area contributed by atoms with Gasteiger partial charge < -0.3 is 10.1 Å².